The summed E-state index contributed by atoms with van der Waals surface area (Å²) in [5.74, 6) is 0.993. The Morgan fingerprint density at radius 1 is 1.27 bits per heavy atom. The molecule has 1 heterocycles. The topological polar surface area (TPSA) is 3.24 Å². The summed E-state index contributed by atoms with van der Waals surface area (Å²) in [5, 5.41) is 0. The number of hydrogen-bond acceptors (Lipinski definition) is 1. The molecule has 1 saturated carbocycles. The molecule has 0 radical (unpaired) electrons. The third kappa shape index (κ3) is 1.10. The largest absolute Gasteiger partial charge is 0.305 e. The van der Waals surface area contributed by atoms with Crippen LogP contribution in [0.25, 0.3) is 0 Å². The molecule has 2 rings (SSSR count). The van der Waals surface area contributed by atoms with Crippen molar-refractivity contribution in [2.75, 3.05) is 20.1 Å². The summed E-state index contributed by atoms with van der Waals surface area (Å²) in [7, 11) is 2.24. The van der Waals surface area contributed by atoms with Gasteiger partial charge in [0, 0.05) is 13.1 Å². The van der Waals surface area contributed by atoms with Crippen molar-refractivity contribution in [1.82, 2.24) is 4.90 Å². The van der Waals surface area contributed by atoms with E-state index in [2.05, 4.69) is 18.9 Å². The van der Waals surface area contributed by atoms with Gasteiger partial charge in [-0.1, -0.05) is 26.2 Å². The molecule has 0 bridgehead atoms. The molecule has 0 aromatic heterocycles. The molecule has 1 atom stereocenters. The van der Waals surface area contributed by atoms with Gasteiger partial charge in [0.05, 0.1) is 0 Å². The van der Waals surface area contributed by atoms with Gasteiger partial charge in [0.25, 0.3) is 0 Å². The van der Waals surface area contributed by atoms with E-state index >= 15 is 0 Å². The third-order valence-corrected chi connectivity index (χ3v) is 3.78. The number of hydrogen-bond donors (Lipinski definition) is 0. The van der Waals surface area contributed by atoms with Crippen molar-refractivity contribution in [3.05, 3.63) is 0 Å². The van der Waals surface area contributed by atoms with E-state index in [1.807, 2.05) is 0 Å². The van der Waals surface area contributed by atoms with Crippen LogP contribution in [0.5, 0.6) is 0 Å². The minimum atomic E-state index is 0.757. The van der Waals surface area contributed by atoms with Gasteiger partial charge in [0.1, 0.15) is 0 Å². The number of rotatable bonds is 0. The van der Waals surface area contributed by atoms with E-state index < -0.39 is 0 Å². The molecule has 1 aliphatic heterocycles. The molecule has 11 heavy (non-hydrogen) atoms. The predicted octanol–water partition coefficient (Wildman–Crippen LogP) is 2.13. The van der Waals surface area contributed by atoms with Crippen LogP contribution in [0.3, 0.4) is 0 Å². The van der Waals surface area contributed by atoms with E-state index in [0.717, 1.165) is 11.3 Å². The molecule has 64 valence electrons. The van der Waals surface area contributed by atoms with Gasteiger partial charge in [-0.15, -0.1) is 0 Å². The zero-order chi connectivity index (χ0) is 7.90. The van der Waals surface area contributed by atoms with Gasteiger partial charge < -0.3 is 4.90 Å². The zero-order valence-electron chi connectivity index (χ0n) is 7.77. The fourth-order valence-electron chi connectivity index (χ4n) is 2.98. The van der Waals surface area contributed by atoms with Gasteiger partial charge in [0.2, 0.25) is 0 Å². The average Bonchev–Trinajstić information content (AvgIpc) is 1.92. The van der Waals surface area contributed by atoms with Crippen molar-refractivity contribution in [3.63, 3.8) is 0 Å². The van der Waals surface area contributed by atoms with Crippen LogP contribution in [0.15, 0.2) is 0 Å². The van der Waals surface area contributed by atoms with Crippen molar-refractivity contribution in [2.24, 2.45) is 11.3 Å². The van der Waals surface area contributed by atoms with E-state index in [1.165, 1.54) is 38.8 Å². The molecule has 0 amide bonds. The highest BCUT2D eigenvalue weighted by Gasteiger charge is 2.45. The molecule has 0 aromatic carbocycles. The summed E-state index contributed by atoms with van der Waals surface area (Å²) in [6.07, 6.45) is 5.94. The minimum absolute atomic E-state index is 0.757. The smallest absolute Gasteiger partial charge is 0.00500 e. The van der Waals surface area contributed by atoms with Gasteiger partial charge in [-0.2, -0.15) is 0 Å². The lowest BCUT2D eigenvalue weighted by molar-refractivity contribution is -0.0509. The van der Waals surface area contributed by atoms with Gasteiger partial charge >= 0.3 is 0 Å². The van der Waals surface area contributed by atoms with Crippen molar-refractivity contribution in [2.45, 2.75) is 32.6 Å². The van der Waals surface area contributed by atoms with Crippen molar-refractivity contribution < 1.29 is 0 Å². The van der Waals surface area contributed by atoms with Gasteiger partial charge in [-0.05, 0) is 24.8 Å². The maximum atomic E-state index is 2.46. The molecule has 2 aliphatic rings. The molecule has 0 N–H and O–H groups in total. The molecule has 1 heteroatoms. The summed E-state index contributed by atoms with van der Waals surface area (Å²) in [6.45, 7) is 5.19. The first-order valence-electron chi connectivity index (χ1n) is 4.91. The van der Waals surface area contributed by atoms with Gasteiger partial charge in [-0.25, -0.2) is 0 Å². The lowest BCUT2D eigenvalue weighted by atomic mass is 9.62. The Labute approximate surface area is 69.8 Å². The molecule has 1 unspecified atom stereocenters. The average molecular weight is 153 g/mol. The van der Waals surface area contributed by atoms with Crippen LogP contribution in [0.2, 0.25) is 0 Å². The quantitative estimate of drug-likeness (QED) is 0.515. The highest BCUT2D eigenvalue weighted by molar-refractivity contribution is 4.98. The molecule has 1 saturated heterocycles. The highest BCUT2D eigenvalue weighted by atomic mass is 15.2. The second kappa shape index (κ2) is 2.48. The number of likely N-dealkylation sites (tertiary alicyclic amines) is 1. The Morgan fingerprint density at radius 3 is 2.55 bits per heavy atom. The monoisotopic (exact) mass is 153 g/mol. The first-order valence-corrected chi connectivity index (χ1v) is 4.91. The second-order valence-electron chi connectivity index (χ2n) is 4.68. The lowest BCUT2D eigenvalue weighted by Crippen LogP contribution is -2.58. The lowest BCUT2D eigenvalue weighted by Gasteiger charge is -2.54. The van der Waals surface area contributed by atoms with Crippen molar-refractivity contribution >= 4 is 0 Å². The summed E-state index contributed by atoms with van der Waals surface area (Å²) >= 11 is 0. The second-order valence-corrected chi connectivity index (χ2v) is 4.68. The van der Waals surface area contributed by atoms with Gasteiger partial charge in [-0.3, -0.25) is 0 Å². The molecule has 0 aromatic rings. The van der Waals surface area contributed by atoms with E-state index in [9.17, 15) is 0 Å². The standard InChI is InChI=1S/C10H19N/c1-9-5-3-4-6-10(9)7-11(2)8-10/h9H,3-8H2,1-2H3. The molecule has 1 aliphatic carbocycles. The van der Waals surface area contributed by atoms with Crippen LogP contribution in [0.1, 0.15) is 32.6 Å². The summed E-state index contributed by atoms with van der Waals surface area (Å²) in [6, 6.07) is 0. The molecule has 2 fully saturated rings. The summed E-state index contributed by atoms with van der Waals surface area (Å²) < 4.78 is 0. The Hall–Kier alpha value is -0.0400. The SMILES string of the molecule is CC1CCCCC12CN(C)C2. The third-order valence-electron chi connectivity index (χ3n) is 3.78. The first-order chi connectivity index (χ1) is 5.23. The van der Waals surface area contributed by atoms with Crippen molar-refractivity contribution in [1.29, 1.82) is 0 Å². The normalized spacial score (nSPS) is 37.1. The number of nitrogens with zero attached hydrogens (tertiary/aromatic N) is 1. The van der Waals surface area contributed by atoms with Crippen molar-refractivity contribution in [3.8, 4) is 0 Å². The Kier molecular flexibility index (Phi) is 1.71. The van der Waals surface area contributed by atoms with E-state index in [4.69, 9.17) is 0 Å². The van der Waals surface area contributed by atoms with E-state index in [-0.39, 0.29) is 0 Å². The van der Waals surface area contributed by atoms with Crippen LogP contribution in [-0.2, 0) is 0 Å². The van der Waals surface area contributed by atoms with Crippen LogP contribution < -0.4 is 0 Å². The first kappa shape index (κ1) is 7.60. The summed E-state index contributed by atoms with van der Waals surface area (Å²) in [4.78, 5) is 2.46. The van der Waals surface area contributed by atoms with E-state index in [1.54, 1.807) is 0 Å². The Morgan fingerprint density at radius 2 is 2.00 bits per heavy atom. The highest BCUT2D eigenvalue weighted by Crippen LogP contribution is 2.46. The molecule has 1 nitrogen and oxygen atoms in total. The van der Waals surface area contributed by atoms with Gasteiger partial charge in [0.15, 0.2) is 0 Å². The van der Waals surface area contributed by atoms with Crippen LogP contribution in [-0.4, -0.2) is 25.0 Å². The maximum Gasteiger partial charge on any atom is 0.00500 e. The molecule has 1 spiro atoms. The zero-order valence-corrected chi connectivity index (χ0v) is 7.77. The van der Waals surface area contributed by atoms with Crippen LogP contribution >= 0.6 is 0 Å². The molecular formula is C10H19N. The fraction of sp³-hybridized carbons (Fsp3) is 1.00. The molecular weight excluding hydrogens is 134 g/mol. The maximum absolute atomic E-state index is 2.46. The van der Waals surface area contributed by atoms with Crippen LogP contribution in [0, 0.1) is 11.3 Å². The predicted molar refractivity (Wildman–Crippen MR) is 47.6 cm³/mol. The fourth-order valence-corrected chi connectivity index (χ4v) is 2.98. The Balaban J connectivity index is 2.00. The Bertz CT molecular complexity index is 141. The summed E-state index contributed by atoms with van der Waals surface area (Å²) in [5.41, 5.74) is 0.757. The minimum Gasteiger partial charge on any atom is -0.305 e. The van der Waals surface area contributed by atoms with Crippen LogP contribution in [0.4, 0.5) is 0 Å². The van der Waals surface area contributed by atoms with E-state index in [0.29, 0.717) is 0 Å².